The molecule has 4 aliphatic carbocycles. The van der Waals surface area contributed by atoms with Crippen LogP contribution in [0, 0.1) is 34.5 Å². The second-order valence-corrected chi connectivity index (χ2v) is 13.2. The fourth-order valence-electron chi connectivity index (χ4n) is 8.85. The Bertz CT molecular complexity index is 1380. The van der Waals surface area contributed by atoms with Crippen LogP contribution in [0.25, 0.3) is 11.8 Å². The van der Waals surface area contributed by atoms with Gasteiger partial charge in [0.15, 0.2) is 5.60 Å². The first-order chi connectivity index (χ1) is 19.1. The first kappa shape index (κ1) is 27.6. The maximum Gasteiger partial charge on any atom is 0.306 e. The van der Waals surface area contributed by atoms with E-state index in [1.165, 1.54) is 17.8 Å². The second kappa shape index (κ2) is 9.76. The first-order valence-corrected chi connectivity index (χ1v) is 15.1. The third-order valence-electron chi connectivity index (χ3n) is 10.6. The zero-order chi connectivity index (χ0) is 28.4. The molecule has 214 valence electrons. The van der Waals surface area contributed by atoms with Crippen molar-refractivity contribution in [3.63, 3.8) is 0 Å². The Hall–Kier alpha value is -2.59. The van der Waals surface area contributed by atoms with Crippen molar-refractivity contribution in [1.29, 1.82) is 0 Å². The van der Waals surface area contributed by atoms with E-state index in [2.05, 4.69) is 23.1 Å². The van der Waals surface area contributed by atoms with Gasteiger partial charge in [0, 0.05) is 11.8 Å². The maximum atomic E-state index is 13.4. The van der Waals surface area contributed by atoms with Gasteiger partial charge in [-0.1, -0.05) is 26.3 Å². The number of alkyl halides is 1. The normalized spacial score (nSPS) is 36.1. The van der Waals surface area contributed by atoms with Crippen LogP contribution >= 0.6 is 11.8 Å². The number of pyridine rings is 1. The predicted molar refractivity (Wildman–Crippen MR) is 146 cm³/mol. The minimum Gasteiger partial charge on any atom is -0.449 e. The number of aliphatic hydroxyl groups is 1. The van der Waals surface area contributed by atoms with E-state index < -0.39 is 40.2 Å². The van der Waals surface area contributed by atoms with Crippen molar-refractivity contribution in [2.45, 2.75) is 77.4 Å². The molecule has 3 saturated carbocycles. The molecular weight excluding hydrogens is 536 g/mol. The van der Waals surface area contributed by atoms with Gasteiger partial charge >= 0.3 is 5.97 Å². The van der Waals surface area contributed by atoms with Crippen LogP contribution < -0.4 is 0 Å². The summed E-state index contributed by atoms with van der Waals surface area (Å²) in [7, 11) is 0. The molecule has 0 radical (unpaired) electrons. The molecule has 6 rings (SSSR count). The van der Waals surface area contributed by atoms with Gasteiger partial charge in [-0.25, -0.2) is 14.1 Å². The Balaban J connectivity index is 1.35. The molecule has 10 heteroatoms. The molecule has 40 heavy (non-hydrogen) atoms. The van der Waals surface area contributed by atoms with Crippen LogP contribution in [0.4, 0.5) is 8.78 Å². The first-order valence-electron chi connectivity index (χ1n) is 14.1. The molecular formula is C30H35F2N3O4S. The van der Waals surface area contributed by atoms with Gasteiger partial charge in [0.1, 0.15) is 6.01 Å². The van der Waals surface area contributed by atoms with E-state index in [1.54, 1.807) is 17.7 Å². The van der Waals surface area contributed by atoms with Crippen LogP contribution in [0.1, 0.15) is 70.6 Å². The number of ether oxygens (including phenoxy) is 1. The fourth-order valence-corrected chi connectivity index (χ4v) is 9.56. The van der Waals surface area contributed by atoms with Gasteiger partial charge in [-0.3, -0.25) is 9.59 Å². The number of fused-ring (bicyclic) bond motifs is 6. The number of thioether (sulfide) groups is 1. The summed E-state index contributed by atoms with van der Waals surface area (Å²) in [6.07, 6.45) is 8.62. The summed E-state index contributed by atoms with van der Waals surface area (Å²) in [5, 5.41) is 16.0. The molecule has 7 atom stereocenters. The molecule has 3 fully saturated rings. The number of hydrogen-bond donors (Lipinski definition) is 1. The van der Waals surface area contributed by atoms with Crippen molar-refractivity contribution in [2.75, 3.05) is 6.01 Å². The highest BCUT2D eigenvalue weighted by molar-refractivity contribution is 8.13. The number of halogens is 2. The lowest BCUT2D eigenvalue weighted by atomic mass is 9.45. The number of allylic oxidation sites excluding steroid dienone is 1. The van der Waals surface area contributed by atoms with Gasteiger partial charge in [0.25, 0.3) is 0 Å². The molecule has 0 saturated heterocycles. The molecule has 4 aliphatic rings. The van der Waals surface area contributed by atoms with Crippen LogP contribution in [0.2, 0.25) is 0 Å². The third-order valence-corrected chi connectivity index (χ3v) is 11.3. The van der Waals surface area contributed by atoms with Crippen LogP contribution in [-0.2, 0) is 20.7 Å². The van der Waals surface area contributed by atoms with E-state index >= 15 is 0 Å². The van der Waals surface area contributed by atoms with Gasteiger partial charge in [0.2, 0.25) is 11.1 Å². The summed E-state index contributed by atoms with van der Waals surface area (Å²) in [5.41, 5.74) is 1.42. The van der Waals surface area contributed by atoms with E-state index in [9.17, 15) is 23.5 Å². The summed E-state index contributed by atoms with van der Waals surface area (Å²) in [5.74, 6) is -0.879. The van der Waals surface area contributed by atoms with Crippen molar-refractivity contribution in [3.8, 4) is 5.69 Å². The van der Waals surface area contributed by atoms with Gasteiger partial charge in [-0.15, -0.1) is 0 Å². The Morgan fingerprint density at radius 2 is 2.05 bits per heavy atom. The number of esters is 1. The van der Waals surface area contributed by atoms with Crippen molar-refractivity contribution in [2.24, 2.45) is 28.6 Å². The average molecular weight is 572 g/mol. The van der Waals surface area contributed by atoms with E-state index in [0.717, 1.165) is 24.1 Å². The minimum atomic E-state index is -1.44. The van der Waals surface area contributed by atoms with Gasteiger partial charge < -0.3 is 9.84 Å². The summed E-state index contributed by atoms with van der Waals surface area (Å²) >= 11 is 0.568. The highest BCUT2D eigenvalue weighted by atomic mass is 32.2. The largest absolute Gasteiger partial charge is 0.449 e. The molecule has 7 nitrogen and oxygen atoms in total. The third kappa shape index (κ3) is 3.85. The Morgan fingerprint density at radius 1 is 1.25 bits per heavy atom. The summed E-state index contributed by atoms with van der Waals surface area (Å²) < 4.78 is 34.6. The van der Waals surface area contributed by atoms with Crippen LogP contribution in [-0.4, -0.2) is 48.7 Å². The molecule has 2 aromatic heterocycles. The number of aromatic nitrogens is 3. The zero-order valence-electron chi connectivity index (χ0n) is 23.0. The summed E-state index contributed by atoms with van der Waals surface area (Å²) in [6.45, 7) is 5.88. The Kier molecular flexibility index (Phi) is 6.72. The van der Waals surface area contributed by atoms with Gasteiger partial charge in [-0.05, 0) is 97.2 Å². The van der Waals surface area contributed by atoms with Crippen LogP contribution in [0.15, 0.2) is 30.1 Å². The number of carbonyl (C=O) groups excluding carboxylic acids is 2. The number of nitrogens with zero attached hydrogens (tertiary/aromatic N) is 3. The molecule has 0 amide bonds. The van der Waals surface area contributed by atoms with Crippen LogP contribution in [0.3, 0.4) is 0 Å². The molecule has 0 spiro atoms. The molecule has 0 aliphatic heterocycles. The predicted octanol–water partition coefficient (Wildman–Crippen LogP) is 5.44. The summed E-state index contributed by atoms with van der Waals surface area (Å²) in [6, 6.07) is 2.10. The zero-order valence-corrected chi connectivity index (χ0v) is 23.8. The number of rotatable bonds is 5. The van der Waals surface area contributed by atoms with E-state index in [0.29, 0.717) is 43.1 Å². The van der Waals surface area contributed by atoms with Crippen molar-refractivity contribution >= 4 is 28.9 Å². The number of hydrogen-bond acceptors (Lipinski definition) is 7. The maximum absolute atomic E-state index is 13.4. The molecule has 2 heterocycles. The van der Waals surface area contributed by atoms with E-state index in [4.69, 9.17) is 4.74 Å². The van der Waals surface area contributed by atoms with Crippen LogP contribution in [0.5, 0.6) is 0 Å². The molecule has 0 unspecified atom stereocenters. The van der Waals surface area contributed by atoms with Gasteiger partial charge in [0.05, 0.1) is 29.9 Å². The fraction of sp³-hybridized carbons (Fsp3) is 0.600. The molecule has 0 bridgehead atoms. The second-order valence-electron chi connectivity index (χ2n) is 12.3. The topological polar surface area (TPSA) is 94.3 Å². The van der Waals surface area contributed by atoms with Crippen molar-refractivity contribution in [1.82, 2.24) is 14.8 Å². The molecule has 1 N–H and O–H groups in total. The van der Waals surface area contributed by atoms with Crippen molar-refractivity contribution < 1.29 is 28.2 Å². The quantitative estimate of drug-likeness (QED) is 0.377. The van der Waals surface area contributed by atoms with Crippen molar-refractivity contribution in [3.05, 3.63) is 47.3 Å². The Morgan fingerprint density at radius 3 is 2.75 bits per heavy atom. The standard InChI is InChI=1S/C30H35F2N3O4S/c1-4-25(37)39-30(27(38)40-16-31)10-9-21-20-7-5-18-11-22-17(14-34-35(22)19-6-8-24(32)33-15-19)12-28(18,2)26(20)23(36)13-29(21,30)3/h6,8,11,14-15,20-21,23,26,36H,4-5,7,9-10,12-13,16H2,1-3H3/t20-,21-,23-,26+,28+,29-,30-/m0/s1. The lowest BCUT2D eigenvalue weighted by molar-refractivity contribution is -0.196. The number of aliphatic hydroxyl groups excluding tert-OH is 1. The summed E-state index contributed by atoms with van der Waals surface area (Å²) in [4.78, 5) is 29.8. The smallest absolute Gasteiger partial charge is 0.306 e. The molecule has 2 aromatic rings. The van der Waals surface area contributed by atoms with E-state index in [1.807, 2.05) is 13.1 Å². The lowest BCUT2D eigenvalue weighted by Crippen LogP contribution is -2.62. The highest BCUT2D eigenvalue weighted by Gasteiger charge is 2.70. The number of carbonyl (C=O) groups is 2. The molecule has 0 aromatic carbocycles. The monoisotopic (exact) mass is 571 g/mol. The average Bonchev–Trinajstić information content (AvgIpc) is 3.45. The minimum absolute atomic E-state index is 0.0452. The highest BCUT2D eigenvalue weighted by Crippen LogP contribution is 2.68. The SMILES string of the molecule is CCC(=O)O[C@]1(C(=O)SCF)CC[C@H]2[C@@H]3CCC4=Cc5c(cnn5-c5ccc(F)nc5)C[C@@]4(C)[C@H]3[C@@H](O)C[C@@]21C. The van der Waals surface area contributed by atoms with Gasteiger partial charge in [-0.2, -0.15) is 9.49 Å². The lowest BCUT2D eigenvalue weighted by Gasteiger charge is -2.60. The van der Waals surface area contributed by atoms with E-state index in [-0.39, 0.29) is 29.6 Å². The Labute approximate surface area is 236 Å².